The Labute approximate surface area is 179 Å². The largest absolute Gasteiger partial charge is 0.490 e. The molecule has 0 amide bonds. The number of hydrogen-bond donors (Lipinski definition) is 1. The number of methoxy groups -OCH3 is 1. The fourth-order valence-corrected chi connectivity index (χ4v) is 4.96. The third kappa shape index (κ3) is 7.42. The molecule has 31 heavy (non-hydrogen) atoms. The van der Waals surface area contributed by atoms with Gasteiger partial charge in [0.25, 0.3) is 0 Å². The molecule has 0 radical (unpaired) electrons. The maximum Gasteiger partial charge on any atom is 0.490 e. The average Bonchev–Trinajstić information content (AvgIpc) is 2.94. The van der Waals surface area contributed by atoms with Crippen LogP contribution >= 0.6 is 0 Å². The minimum atomic E-state index is -5.08. The number of nitrogens with zero attached hydrogens (tertiary/aromatic N) is 2. The molecule has 0 aliphatic carbocycles. The summed E-state index contributed by atoms with van der Waals surface area (Å²) in [5, 5.41) is 7.12. The summed E-state index contributed by atoms with van der Waals surface area (Å²) < 4.78 is 70.1. The fourth-order valence-electron chi connectivity index (χ4n) is 3.47. The first-order valence-corrected chi connectivity index (χ1v) is 11.2. The van der Waals surface area contributed by atoms with Gasteiger partial charge in [-0.3, -0.25) is 4.90 Å². The number of aliphatic carboxylic acids is 1. The summed E-state index contributed by atoms with van der Waals surface area (Å²) in [5.74, 6) is -2.38. The number of ether oxygens (including phenoxy) is 2. The van der Waals surface area contributed by atoms with Crippen LogP contribution in [-0.4, -0.2) is 94.0 Å². The van der Waals surface area contributed by atoms with Crippen molar-refractivity contribution in [1.29, 1.82) is 0 Å². The Balaban J connectivity index is 0.000000423. The quantitative estimate of drug-likeness (QED) is 0.702. The highest BCUT2D eigenvalue weighted by Gasteiger charge is 2.39. The molecule has 1 N–H and O–H groups in total. The van der Waals surface area contributed by atoms with Gasteiger partial charge in [-0.05, 0) is 18.6 Å². The molecule has 0 spiro atoms. The number of piperidine rings is 1. The van der Waals surface area contributed by atoms with E-state index in [-0.39, 0.29) is 6.10 Å². The average molecular weight is 468 g/mol. The molecule has 3 rings (SSSR count). The SMILES string of the molecule is COCCN1CCO[C@@H]2CN(S(=O)(=O)c3ccccc3)CC[C@@H]2C1.O=C(O)C(F)(F)F. The van der Waals surface area contributed by atoms with Gasteiger partial charge in [0.05, 0.1) is 24.2 Å². The lowest BCUT2D eigenvalue weighted by atomic mass is 9.94. The Morgan fingerprint density at radius 3 is 2.45 bits per heavy atom. The molecule has 0 saturated carbocycles. The molecule has 2 heterocycles. The number of carboxylic acid groups (broad SMARTS) is 1. The van der Waals surface area contributed by atoms with Gasteiger partial charge in [0.15, 0.2) is 0 Å². The zero-order chi connectivity index (χ0) is 23.1. The van der Waals surface area contributed by atoms with Crippen LogP contribution in [0.5, 0.6) is 0 Å². The number of alkyl halides is 3. The van der Waals surface area contributed by atoms with Gasteiger partial charge in [0.1, 0.15) is 0 Å². The van der Waals surface area contributed by atoms with Crippen molar-refractivity contribution in [1.82, 2.24) is 9.21 Å². The number of halogens is 3. The molecule has 0 unspecified atom stereocenters. The molecule has 1 aromatic rings. The van der Waals surface area contributed by atoms with E-state index in [2.05, 4.69) is 4.90 Å². The lowest BCUT2D eigenvalue weighted by Crippen LogP contribution is -2.49. The molecule has 2 saturated heterocycles. The molecule has 2 atom stereocenters. The van der Waals surface area contributed by atoms with Gasteiger partial charge < -0.3 is 14.6 Å². The van der Waals surface area contributed by atoms with Crippen molar-refractivity contribution in [2.75, 3.05) is 53.0 Å². The van der Waals surface area contributed by atoms with E-state index in [1.54, 1.807) is 35.7 Å². The number of rotatable bonds is 5. The monoisotopic (exact) mass is 468 g/mol. The topological polar surface area (TPSA) is 96.4 Å². The van der Waals surface area contributed by atoms with Gasteiger partial charge in [-0.15, -0.1) is 0 Å². The molecule has 12 heteroatoms. The van der Waals surface area contributed by atoms with E-state index in [1.807, 2.05) is 6.07 Å². The van der Waals surface area contributed by atoms with E-state index < -0.39 is 22.2 Å². The van der Waals surface area contributed by atoms with Gasteiger partial charge in [-0.1, -0.05) is 18.2 Å². The van der Waals surface area contributed by atoms with Crippen LogP contribution in [0.3, 0.4) is 0 Å². The van der Waals surface area contributed by atoms with Crippen LogP contribution in [0.15, 0.2) is 35.2 Å². The summed E-state index contributed by atoms with van der Waals surface area (Å²) in [6.45, 7) is 5.08. The number of fused-ring (bicyclic) bond motifs is 1. The van der Waals surface area contributed by atoms with Crippen molar-refractivity contribution in [3.8, 4) is 0 Å². The Kier molecular flexibility index (Phi) is 9.25. The molecule has 2 aliphatic rings. The minimum absolute atomic E-state index is 0.0233. The van der Waals surface area contributed by atoms with Crippen LogP contribution < -0.4 is 0 Å². The van der Waals surface area contributed by atoms with Crippen LogP contribution in [0.25, 0.3) is 0 Å². The highest BCUT2D eigenvalue weighted by atomic mass is 32.2. The van der Waals surface area contributed by atoms with E-state index in [9.17, 15) is 21.6 Å². The smallest absolute Gasteiger partial charge is 0.475 e. The number of carboxylic acids is 1. The summed E-state index contributed by atoms with van der Waals surface area (Å²) in [7, 11) is -1.72. The number of carbonyl (C=O) groups is 1. The lowest BCUT2D eigenvalue weighted by Gasteiger charge is -2.37. The molecule has 176 valence electrons. The van der Waals surface area contributed by atoms with Gasteiger partial charge in [-0.25, -0.2) is 13.2 Å². The standard InChI is InChI=1S/C17H26N2O4S.C2HF3O2/c1-22-11-9-18-10-12-23-17-14-19(8-7-15(17)13-18)24(20,21)16-5-3-2-4-6-16;3-2(4,5)1(6)7/h2-6,15,17H,7-14H2,1H3;(H,6,7)/t15-,17-;/m1./s1. The van der Waals surface area contributed by atoms with Crippen LogP contribution in [-0.2, 0) is 24.3 Å². The summed E-state index contributed by atoms with van der Waals surface area (Å²) in [6.07, 6.45) is -4.27. The summed E-state index contributed by atoms with van der Waals surface area (Å²) in [5.41, 5.74) is 0. The summed E-state index contributed by atoms with van der Waals surface area (Å²) in [6, 6.07) is 8.66. The van der Waals surface area contributed by atoms with Crippen molar-refractivity contribution in [2.45, 2.75) is 23.6 Å². The number of hydrogen-bond acceptors (Lipinski definition) is 6. The second-order valence-electron chi connectivity index (χ2n) is 7.23. The zero-order valence-electron chi connectivity index (χ0n) is 17.1. The fraction of sp³-hybridized carbons (Fsp3) is 0.632. The third-order valence-electron chi connectivity index (χ3n) is 5.13. The highest BCUT2D eigenvalue weighted by molar-refractivity contribution is 7.89. The van der Waals surface area contributed by atoms with Crippen molar-refractivity contribution >= 4 is 16.0 Å². The van der Waals surface area contributed by atoms with E-state index >= 15 is 0 Å². The molecular weight excluding hydrogens is 441 g/mol. The van der Waals surface area contributed by atoms with Gasteiger partial charge in [0.2, 0.25) is 10.0 Å². The maximum atomic E-state index is 12.8. The van der Waals surface area contributed by atoms with Crippen LogP contribution in [0, 0.1) is 5.92 Å². The van der Waals surface area contributed by atoms with Gasteiger partial charge in [-0.2, -0.15) is 17.5 Å². The first-order valence-electron chi connectivity index (χ1n) is 9.74. The van der Waals surface area contributed by atoms with Crippen molar-refractivity contribution in [3.05, 3.63) is 30.3 Å². The Hall–Kier alpha value is -1.73. The van der Waals surface area contributed by atoms with E-state index in [1.165, 1.54) is 0 Å². The first-order chi connectivity index (χ1) is 14.6. The first kappa shape index (κ1) is 25.5. The predicted octanol–water partition coefficient (Wildman–Crippen LogP) is 1.68. The Bertz CT molecular complexity index is 807. The molecule has 1 aromatic carbocycles. The van der Waals surface area contributed by atoms with Gasteiger partial charge in [0, 0.05) is 45.8 Å². The zero-order valence-corrected chi connectivity index (χ0v) is 17.9. The molecule has 2 fully saturated rings. The molecule has 0 aromatic heterocycles. The normalized spacial score (nSPS) is 23.2. The van der Waals surface area contributed by atoms with Crippen molar-refractivity contribution in [2.24, 2.45) is 5.92 Å². The van der Waals surface area contributed by atoms with Crippen molar-refractivity contribution in [3.63, 3.8) is 0 Å². The predicted molar refractivity (Wildman–Crippen MR) is 105 cm³/mol. The second kappa shape index (κ2) is 11.2. The Morgan fingerprint density at radius 1 is 1.23 bits per heavy atom. The summed E-state index contributed by atoms with van der Waals surface area (Å²) >= 11 is 0. The van der Waals surface area contributed by atoms with E-state index in [4.69, 9.17) is 19.4 Å². The molecule has 0 bridgehead atoms. The maximum absolute atomic E-state index is 12.8. The minimum Gasteiger partial charge on any atom is -0.475 e. The van der Waals surface area contributed by atoms with Crippen LogP contribution in [0.1, 0.15) is 6.42 Å². The molecule has 2 aliphatic heterocycles. The third-order valence-corrected chi connectivity index (χ3v) is 7.01. The number of sulfonamides is 1. The van der Waals surface area contributed by atoms with Gasteiger partial charge >= 0.3 is 12.1 Å². The van der Waals surface area contributed by atoms with E-state index in [0.29, 0.717) is 37.1 Å². The Morgan fingerprint density at radius 2 is 1.87 bits per heavy atom. The van der Waals surface area contributed by atoms with Crippen molar-refractivity contribution < 1.29 is 41.0 Å². The highest BCUT2D eigenvalue weighted by Crippen LogP contribution is 2.28. The summed E-state index contributed by atoms with van der Waals surface area (Å²) in [4.78, 5) is 11.6. The van der Waals surface area contributed by atoms with Crippen LogP contribution in [0.4, 0.5) is 13.2 Å². The number of benzene rings is 1. The molecule has 8 nitrogen and oxygen atoms in total. The lowest BCUT2D eigenvalue weighted by molar-refractivity contribution is -0.192. The second-order valence-corrected chi connectivity index (χ2v) is 9.17. The molecular formula is C19H27F3N2O6S. The van der Waals surface area contributed by atoms with E-state index in [0.717, 1.165) is 26.1 Å². The van der Waals surface area contributed by atoms with Crippen LogP contribution in [0.2, 0.25) is 0 Å².